The minimum Gasteiger partial charge on any atom is -0.323 e. The van der Waals surface area contributed by atoms with E-state index in [1.54, 1.807) is 0 Å². The van der Waals surface area contributed by atoms with Crippen LogP contribution in [-0.4, -0.2) is 59.8 Å². The molecule has 1 saturated carbocycles. The number of nitrogens with zero attached hydrogens (tertiary/aromatic N) is 4. The molecule has 1 aromatic rings. The second-order valence-corrected chi connectivity index (χ2v) is 7.51. The first-order valence-electron chi connectivity index (χ1n) is 8.64. The van der Waals surface area contributed by atoms with Gasteiger partial charge in [0.2, 0.25) is 5.13 Å². The van der Waals surface area contributed by atoms with Crippen LogP contribution in [0.2, 0.25) is 0 Å². The fourth-order valence-corrected chi connectivity index (χ4v) is 3.78. The zero-order valence-electron chi connectivity index (χ0n) is 14.5. The fraction of sp³-hybridized carbons (Fsp3) is 0.812. The summed E-state index contributed by atoms with van der Waals surface area (Å²) >= 11 is 1.54. The minimum absolute atomic E-state index is 0.0694. The standard InChI is InChI=1S/C16H29N5OS/c1-4-10-21(12-11-20(2)3)16(22)17-15-19-18-14(23-15)13-8-6-5-7-9-13/h13H,4-12H2,1-3H3,(H,17,19,22). The molecule has 6 nitrogen and oxygen atoms in total. The van der Waals surface area contributed by atoms with E-state index in [9.17, 15) is 4.79 Å². The van der Waals surface area contributed by atoms with Crippen molar-refractivity contribution in [2.45, 2.75) is 51.4 Å². The van der Waals surface area contributed by atoms with Gasteiger partial charge < -0.3 is 9.80 Å². The fourth-order valence-electron chi connectivity index (χ4n) is 2.88. The van der Waals surface area contributed by atoms with Crippen molar-refractivity contribution < 1.29 is 4.79 Å². The first-order valence-corrected chi connectivity index (χ1v) is 9.46. The Balaban J connectivity index is 1.91. The van der Waals surface area contributed by atoms with Crippen molar-refractivity contribution in [2.75, 3.05) is 39.0 Å². The Morgan fingerprint density at radius 3 is 2.57 bits per heavy atom. The Morgan fingerprint density at radius 2 is 1.91 bits per heavy atom. The zero-order chi connectivity index (χ0) is 16.7. The molecule has 0 aliphatic heterocycles. The topological polar surface area (TPSA) is 61.4 Å². The number of rotatable bonds is 7. The van der Waals surface area contributed by atoms with Gasteiger partial charge in [0.25, 0.3) is 0 Å². The van der Waals surface area contributed by atoms with Crippen LogP contribution in [0, 0.1) is 0 Å². The molecule has 0 radical (unpaired) electrons. The molecular weight excluding hydrogens is 310 g/mol. The van der Waals surface area contributed by atoms with E-state index in [0.29, 0.717) is 11.0 Å². The van der Waals surface area contributed by atoms with Gasteiger partial charge >= 0.3 is 6.03 Å². The third-order valence-corrected chi connectivity index (χ3v) is 5.21. The van der Waals surface area contributed by atoms with E-state index in [0.717, 1.165) is 31.1 Å². The second kappa shape index (κ2) is 9.17. The number of aromatic nitrogens is 2. The highest BCUT2D eigenvalue weighted by Crippen LogP contribution is 2.35. The quantitative estimate of drug-likeness (QED) is 0.827. The van der Waals surface area contributed by atoms with Crippen LogP contribution in [0.25, 0.3) is 0 Å². The van der Waals surface area contributed by atoms with Gasteiger partial charge in [0.15, 0.2) is 0 Å². The summed E-state index contributed by atoms with van der Waals surface area (Å²) in [6.45, 7) is 4.42. The summed E-state index contributed by atoms with van der Waals surface area (Å²) in [7, 11) is 4.03. The molecule has 1 aliphatic carbocycles. The Labute approximate surface area is 143 Å². The van der Waals surface area contributed by atoms with Crippen LogP contribution in [0.5, 0.6) is 0 Å². The Bertz CT molecular complexity index is 485. The van der Waals surface area contributed by atoms with Crippen molar-refractivity contribution in [2.24, 2.45) is 0 Å². The summed E-state index contributed by atoms with van der Waals surface area (Å²) in [6, 6.07) is -0.0694. The summed E-state index contributed by atoms with van der Waals surface area (Å²) < 4.78 is 0. The number of hydrogen-bond donors (Lipinski definition) is 1. The van der Waals surface area contributed by atoms with Crippen LogP contribution in [0.4, 0.5) is 9.93 Å². The molecular formula is C16H29N5OS. The molecule has 23 heavy (non-hydrogen) atoms. The third-order valence-electron chi connectivity index (χ3n) is 4.21. The van der Waals surface area contributed by atoms with Gasteiger partial charge in [-0.2, -0.15) is 0 Å². The summed E-state index contributed by atoms with van der Waals surface area (Å²) in [4.78, 5) is 16.4. The molecule has 0 spiro atoms. The van der Waals surface area contributed by atoms with Crippen LogP contribution in [0.15, 0.2) is 0 Å². The molecule has 1 aromatic heterocycles. The number of hydrogen-bond acceptors (Lipinski definition) is 5. The van der Waals surface area contributed by atoms with E-state index < -0.39 is 0 Å². The van der Waals surface area contributed by atoms with Gasteiger partial charge in [-0.15, -0.1) is 10.2 Å². The largest absolute Gasteiger partial charge is 0.323 e. The monoisotopic (exact) mass is 339 g/mol. The van der Waals surface area contributed by atoms with Crippen LogP contribution < -0.4 is 5.32 Å². The van der Waals surface area contributed by atoms with E-state index in [1.165, 1.54) is 43.4 Å². The van der Waals surface area contributed by atoms with Crippen molar-refractivity contribution in [3.8, 4) is 0 Å². The number of anilines is 1. The van der Waals surface area contributed by atoms with Crippen LogP contribution in [0.1, 0.15) is 56.4 Å². The van der Waals surface area contributed by atoms with Gasteiger partial charge in [0, 0.05) is 25.6 Å². The lowest BCUT2D eigenvalue weighted by atomic mass is 9.90. The normalized spacial score (nSPS) is 15.8. The number of urea groups is 1. The maximum Gasteiger partial charge on any atom is 0.323 e. The molecule has 2 rings (SSSR count). The number of nitrogens with one attached hydrogen (secondary N) is 1. The van der Waals surface area contributed by atoms with E-state index in [-0.39, 0.29) is 6.03 Å². The smallest absolute Gasteiger partial charge is 0.323 e. The van der Waals surface area contributed by atoms with Gasteiger partial charge in [-0.3, -0.25) is 5.32 Å². The summed E-state index contributed by atoms with van der Waals surface area (Å²) in [6.07, 6.45) is 7.24. The molecule has 1 heterocycles. The SMILES string of the molecule is CCCN(CCN(C)C)C(=O)Nc1nnc(C2CCCCC2)s1. The van der Waals surface area contributed by atoms with Gasteiger partial charge in [0.1, 0.15) is 5.01 Å². The highest BCUT2D eigenvalue weighted by Gasteiger charge is 2.21. The van der Waals surface area contributed by atoms with E-state index >= 15 is 0 Å². The minimum atomic E-state index is -0.0694. The maximum atomic E-state index is 12.4. The van der Waals surface area contributed by atoms with Gasteiger partial charge in [-0.25, -0.2) is 4.79 Å². The Morgan fingerprint density at radius 1 is 1.17 bits per heavy atom. The van der Waals surface area contributed by atoms with E-state index in [4.69, 9.17) is 0 Å². The molecule has 1 aliphatic rings. The number of amides is 2. The molecule has 0 saturated heterocycles. The van der Waals surface area contributed by atoms with Gasteiger partial charge in [-0.1, -0.05) is 37.5 Å². The van der Waals surface area contributed by atoms with Crippen molar-refractivity contribution >= 4 is 22.5 Å². The summed E-state index contributed by atoms with van der Waals surface area (Å²) in [5.41, 5.74) is 0. The molecule has 1 fully saturated rings. The lowest BCUT2D eigenvalue weighted by Gasteiger charge is -2.23. The third kappa shape index (κ3) is 5.73. The molecule has 2 amide bonds. The van der Waals surface area contributed by atoms with Crippen LogP contribution in [-0.2, 0) is 0 Å². The van der Waals surface area contributed by atoms with Crippen LogP contribution in [0.3, 0.4) is 0 Å². The Hall–Kier alpha value is -1.21. The molecule has 1 N–H and O–H groups in total. The average molecular weight is 340 g/mol. The van der Waals surface area contributed by atoms with E-state index in [2.05, 4.69) is 27.3 Å². The molecule has 0 unspecified atom stereocenters. The summed E-state index contributed by atoms with van der Waals surface area (Å²) in [5, 5.41) is 13.1. The van der Waals surface area contributed by atoms with Crippen LogP contribution >= 0.6 is 11.3 Å². The highest BCUT2D eigenvalue weighted by molar-refractivity contribution is 7.15. The molecule has 7 heteroatoms. The van der Waals surface area contributed by atoms with Crippen molar-refractivity contribution in [3.63, 3.8) is 0 Å². The predicted molar refractivity (Wildman–Crippen MR) is 95.2 cm³/mol. The number of likely N-dealkylation sites (N-methyl/N-ethyl adjacent to an activating group) is 1. The van der Waals surface area contributed by atoms with Crippen molar-refractivity contribution in [3.05, 3.63) is 5.01 Å². The zero-order valence-corrected chi connectivity index (χ0v) is 15.4. The number of carbonyl (C=O) groups excluding carboxylic acids is 1. The highest BCUT2D eigenvalue weighted by atomic mass is 32.1. The Kier molecular flexibility index (Phi) is 7.23. The van der Waals surface area contributed by atoms with Crippen molar-refractivity contribution in [1.29, 1.82) is 0 Å². The molecule has 0 bridgehead atoms. The molecule has 0 aromatic carbocycles. The van der Waals surface area contributed by atoms with Gasteiger partial charge in [0.05, 0.1) is 0 Å². The second-order valence-electron chi connectivity index (χ2n) is 6.50. The predicted octanol–water partition coefficient (Wildman–Crippen LogP) is 3.39. The first kappa shape index (κ1) is 18.1. The van der Waals surface area contributed by atoms with E-state index in [1.807, 2.05) is 19.0 Å². The molecule has 0 atom stereocenters. The maximum absolute atomic E-state index is 12.4. The van der Waals surface area contributed by atoms with Crippen molar-refractivity contribution in [1.82, 2.24) is 20.0 Å². The average Bonchev–Trinajstić information content (AvgIpc) is 3.00. The number of carbonyl (C=O) groups is 1. The van der Waals surface area contributed by atoms with Gasteiger partial charge in [-0.05, 0) is 33.4 Å². The summed E-state index contributed by atoms with van der Waals surface area (Å²) in [5.74, 6) is 0.535. The first-order chi connectivity index (χ1) is 11.1. The lowest BCUT2D eigenvalue weighted by molar-refractivity contribution is 0.205. The molecule has 130 valence electrons. The lowest BCUT2D eigenvalue weighted by Crippen LogP contribution is -2.39.